The molecule has 2 aliphatic heterocycles. The van der Waals surface area contributed by atoms with E-state index in [-0.39, 0.29) is 22.6 Å². The summed E-state index contributed by atoms with van der Waals surface area (Å²) in [4.78, 5) is 42.7. The predicted molar refractivity (Wildman–Crippen MR) is 176 cm³/mol. The number of hydrogen-bond acceptors (Lipinski definition) is 8. The highest BCUT2D eigenvalue weighted by molar-refractivity contribution is 8.21. The largest absolute Gasteiger partial charge is 0.465 e. The van der Waals surface area contributed by atoms with Crippen LogP contribution in [0.5, 0.6) is 0 Å². The Balaban J connectivity index is 1.34. The molecule has 2 saturated heterocycles. The lowest BCUT2D eigenvalue weighted by molar-refractivity contribution is -0.157. The number of carbonyl (C=O) groups excluding carboxylic acids is 3. The maximum absolute atomic E-state index is 14.1. The van der Waals surface area contributed by atoms with Crippen LogP contribution in [0.25, 0.3) is 0 Å². The highest BCUT2D eigenvalue weighted by atomic mass is 32.2. The van der Waals surface area contributed by atoms with E-state index in [0.717, 1.165) is 28.2 Å². The zero-order valence-corrected chi connectivity index (χ0v) is 26.9. The Morgan fingerprint density at radius 1 is 0.909 bits per heavy atom. The summed E-state index contributed by atoms with van der Waals surface area (Å²) in [5.41, 5.74) is 2.84. The third-order valence-corrected chi connectivity index (χ3v) is 11.5. The molecule has 1 amide bonds. The highest BCUT2D eigenvalue weighted by Gasteiger charge is 2.52. The van der Waals surface area contributed by atoms with Crippen LogP contribution < -0.4 is 5.32 Å². The van der Waals surface area contributed by atoms with Gasteiger partial charge in [-0.25, -0.2) is 4.79 Å². The number of esters is 2. The summed E-state index contributed by atoms with van der Waals surface area (Å²) in [7, 11) is 0. The van der Waals surface area contributed by atoms with E-state index in [2.05, 4.69) is 5.32 Å². The van der Waals surface area contributed by atoms with Crippen molar-refractivity contribution >= 4 is 41.4 Å². The summed E-state index contributed by atoms with van der Waals surface area (Å²) in [6.07, 6.45) is 1.07. The molecule has 0 aromatic heterocycles. The minimum Gasteiger partial charge on any atom is -0.465 e. The smallest absolute Gasteiger partial charge is 0.329 e. The van der Waals surface area contributed by atoms with E-state index in [1.807, 2.05) is 115 Å². The van der Waals surface area contributed by atoms with Gasteiger partial charge in [0.1, 0.15) is 12.1 Å². The first kappa shape index (κ1) is 32.1. The molecular weight excluding hydrogens is 593 g/mol. The summed E-state index contributed by atoms with van der Waals surface area (Å²) in [6, 6.07) is 27.2. The molecule has 0 radical (unpaired) electrons. The van der Waals surface area contributed by atoms with Gasteiger partial charge in [-0.15, -0.1) is 23.5 Å². The molecule has 1 N–H and O–H groups in total. The molecule has 2 fully saturated rings. The first-order valence-electron chi connectivity index (χ1n) is 15.2. The van der Waals surface area contributed by atoms with E-state index >= 15 is 0 Å². The lowest BCUT2D eigenvalue weighted by Crippen LogP contribution is -2.53. The monoisotopic (exact) mass is 632 g/mol. The van der Waals surface area contributed by atoms with Gasteiger partial charge < -0.3 is 14.4 Å². The molecule has 0 unspecified atom stereocenters. The number of thioether (sulfide) groups is 2. The van der Waals surface area contributed by atoms with Crippen LogP contribution >= 0.6 is 23.5 Å². The van der Waals surface area contributed by atoms with Crippen LogP contribution in [0.2, 0.25) is 0 Å². The van der Waals surface area contributed by atoms with Crippen LogP contribution in [0.1, 0.15) is 49.5 Å². The zero-order chi connectivity index (χ0) is 30.9. The molecule has 3 aromatic carbocycles. The van der Waals surface area contributed by atoms with Crippen molar-refractivity contribution in [3.63, 3.8) is 0 Å². The standard InChI is InChI=1S/C35H40N2O5S2/c1-3-41-33(39)29(20-19-26-13-7-4-8-14-26)36-25(2)32(38)37-24-35(43-21-22-44-35)23-30(37)34(40)42-31(27-15-9-5-10-16-27)28-17-11-6-12-18-28/h4-18,25,29-31,36H,3,19-24H2,1-2H3/t25-,29-,30-/m0/s1. The summed E-state index contributed by atoms with van der Waals surface area (Å²) >= 11 is 3.63. The number of amides is 1. The van der Waals surface area contributed by atoms with Crippen LogP contribution in [-0.2, 0) is 30.3 Å². The fourth-order valence-electron chi connectivity index (χ4n) is 5.86. The van der Waals surface area contributed by atoms with Gasteiger partial charge in [0, 0.05) is 24.5 Å². The van der Waals surface area contributed by atoms with E-state index in [0.29, 0.717) is 25.8 Å². The molecule has 44 heavy (non-hydrogen) atoms. The number of hydrogen-bond donors (Lipinski definition) is 1. The van der Waals surface area contributed by atoms with Crippen LogP contribution in [-0.4, -0.2) is 69.6 Å². The number of nitrogens with one attached hydrogen (secondary N) is 1. The normalized spacial score (nSPS) is 18.7. The first-order chi connectivity index (χ1) is 21.4. The Morgan fingerprint density at radius 2 is 1.48 bits per heavy atom. The van der Waals surface area contributed by atoms with Crippen molar-refractivity contribution in [2.45, 2.75) is 61.4 Å². The molecule has 3 aromatic rings. The molecule has 0 bridgehead atoms. The SMILES string of the molecule is CCOC(=O)[C@H](CCc1ccccc1)N[C@@H](C)C(=O)N1CC2(C[C@H]1C(=O)OC(c1ccccc1)c1ccccc1)SCCS2. The number of likely N-dealkylation sites (tertiary alicyclic amines) is 1. The topological polar surface area (TPSA) is 84.9 Å². The molecule has 7 nitrogen and oxygen atoms in total. The predicted octanol–water partition coefficient (Wildman–Crippen LogP) is 5.64. The molecule has 5 rings (SSSR count). The molecule has 0 aliphatic carbocycles. The molecule has 9 heteroatoms. The fraction of sp³-hybridized carbons (Fsp3) is 0.400. The van der Waals surface area contributed by atoms with E-state index in [1.165, 1.54) is 0 Å². The van der Waals surface area contributed by atoms with Gasteiger partial charge in [-0.3, -0.25) is 14.9 Å². The van der Waals surface area contributed by atoms with Crippen LogP contribution in [0.3, 0.4) is 0 Å². The van der Waals surface area contributed by atoms with E-state index < -0.39 is 30.2 Å². The molecule has 3 atom stereocenters. The van der Waals surface area contributed by atoms with Crippen molar-refractivity contribution in [2.24, 2.45) is 0 Å². The zero-order valence-electron chi connectivity index (χ0n) is 25.2. The summed E-state index contributed by atoms with van der Waals surface area (Å²) in [6.45, 7) is 4.24. The lowest BCUT2D eigenvalue weighted by atomic mass is 10.0. The number of benzene rings is 3. The Morgan fingerprint density at radius 3 is 2.05 bits per heavy atom. The molecule has 0 saturated carbocycles. The molecule has 1 spiro atoms. The maximum atomic E-state index is 14.1. The van der Waals surface area contributed by atoms with Crippen molar-refractivity contribution in [1.29, 1.82) is 0 Å². The van der Waals surface area contributed by atoms with E-state index in [9.17, 15) is 14.4 Å². The molecule has 2 aliphatic rings. The van der Waals surface area contributed by atoms with Crippen LogP contribution in [0.4, 0.5) is 0 Å². The number of ether oxygens (including phenoxy) is 2. The third-order valence-electron chi connectivity index (χ3n) is 8.06. The van der Waals surface area contributed by atoms with Gasteiger partial charge in [0.15, 0.2) is 6.10 Å². The summed E-state index contributed by atoms with van der Waals surface area (Å²) < 4.78 is 11.4. The molecule has 232 valence electrons. The quantitative estimate of drug-likeness (QED) is 0.257. The van der Waals surface area contributed by atoms with Crippen molar-refractivity contribution in [3.05, 3.63) is 108 Å². The minimum absolute atomic E-state index is 0.220. The lowest BCUT2D eigenvalue weighted by Gasteiger charge is -2.30. The Labute approximate surface area is 268 Å². The average Bonchev–Trinajstić information content (AvgIpc) is 3.69. The third kappa shape index (κ3) is 7.86. The van der Waals surface area contributed by atoms with Gasteiger partial charge in [-0.05, 0) is 43.4 Å². The average molecular weight is 633 g/mol. The van der Waals surface area contributed by atoms with E-state index in [4.69, 9.17) is 9.47 Å². The van der Waals surface area contributed by atoms with E-state index in [1.54, 1.807) is 18.7 Å². The van der Waals surface area contributed by atoms with Crippen molar-refractivity contribution in [1.82, 2.24) is 10.2 Å². The van der Waals surface area contributed by atoms with Gasteiger partial charge in [0.25, 0.3) is 0 Å². The van der Waals surface area contributed by atoms with Crippen molar-refractivity contribution in [3.8, 4) is 0 Å². The van der Waals surface area contributed by atoms with Gasteiger partial charge >= 0.3 is 11.9 Å². The Kier molecular flexibility index (Phi) is 11.1. The number of aryl methyl sites for hydroxylation is 1. The van der Waals surface area contributed by atoms with Gasteiger partial charge in [0.05, 0.1) is 16.7 Å². The van der Waals surface area contributed by atoms with Crippen LogP contribution in [0.15, 0.2) is 91.0 Å². The number of rotatable bonds is 12. The first-order valence-corrected chi connectivity index (χ1v) is 17.2. The Bertz CT molecular complexity index is 1350. The summed E-state index contributed by atoms with van der Waals surface area (Å²) in [5, 5.41) is 3.25. The molecular formula is C35H40N2O5S2. The maximum Gasteiger partial charge on any atom is 0.329 e. The van der Waals surface area contributed by atoms with Crippen LogP contribution in [0, 0.1) is 0 Å². The number of nitrogens with zero attached hydrogens (tertiary/aromatic N) is 1. The van der Waals surface area contributed by atoms with Crippen molar-refractivity contribution in [2.75, 3.05) is 24.7 Å². The van der Waals surface area contributed by atoms with Gasteiger partial charge in [0.2, 0.25) is 5.91 Å². The van der Waals surface area contributed by atoms with Gasteiger partial charge in [-0.1, -0.05) is 91.0 Å². The van der Waals surface area contributed by atoms with Gasteiger partial charge in [-0.2, -0.15) is 0 Å². The fourth-order valence-corrected chi connectivity index (χ4v) is 9.11. The molecule has 2 heterocycles. The number of carbonyl (C=O) groups is 3. The summed E-state index contributed by atoms with van der Waals surface area (Å²) in [5.74, 6) is 0.931. The Hall–Kier alpha value is -3.27. The second-order valence-electron chi connectivity index (χ2n) is 11.1. The highest BCUT2D eigenvalue weighted by Crippen LogP contribution is 2.52. The van der Waals surface area contributed by atoms with Crippen molar-refractivity contribution < 1.29 is 23.9 Å². The second kappa shape index (κ2) is 15.1. The second-order valence-corrected chi connectivity index (χ2v) is 14.4. The minimum atomic E-state index is -0.731.